The molecule has 98 valence electrons. The van der Waals surface area contributed by atoms with E-state index in [0.29, 0.717) is 0 Å². The number of hydrogen-bond acceptors (Lipinski definition) is 2. The normalized spacial score (nSPS) is 19.9. The number of nitrogens with zero attached hydrogens (tertiary/aromatic N) is 1. The fourth-order valence-corrected chi connectivity index (χ4v) is 1.88. The molecule has 1 aromatic carbocycles. The number of rotatable bonds is 3. The maximum absolute atomic E-state index is 13.1. The van der Waals surface area contributed by atoms with E-state index in [-0.39, 0.29) is 12.1 Å². The van der Waals surface area contributed by atoms with Gasteiger partial charge in [0, 0.05) is 0 Å². The van der Waals surface area contributed by atoms with Gasteiger partial charge in [0.1, 0.15) is 6.17 Å². The average Bonchev–Trinajstić information content (AvgIpc) is 2.64. The lowest BCUT2D eigenvalue weighted by Gasteiger charge is -2.24. The predicted molar refractivity (Wildman–Crippen MR) is 54.8 cm³/mol. The maximum Gasteiger partial charge on any atom is 0.255 e. The molecular formula is C11H10F4N2O. The number of carbonyl (C=O) groups is 1. The summed E-state index contributed by atoms with van der Waals surface area (Å²) in [5.41, 5.74) is 0.236. The first-order chi connectivity index (χ1) is 8.49. The Kier molecular flexibility index (Phi) is 3.51. The third-order valence-corrected chi connectivity index (χ3v) is 2.67. The van der Waals surface area contributed by atoms with E-state index >= 15 is 0 Å². The van der Waals surface area contributed by atoms with Crippen LogP contribution in [-0.4, -0.2) is 30.3 Å². The molecule has 0 bridgehead atoms. The Morgan fingerprint density at radius 1 is 1.33 bits per heavy atom. The van der Waals surface area contributed by atoms with E-state index in [4.69, 9.17) is 0 Å². The number of nitrogens with one attached hydrogen (secondary N) is 1. The van der Waals surface area contributed by atoms with Gasteiger partial charge >= 0.3 is 0 Å². The highest BCUT2D eigenvalue weighted by atomic mass is 19.3. The van der Waals surface area contributed by atoms with Crippen molar-refractivity contribution in [1.29, 1.82) is 0 Å². The maximum atomic E-state index is 13.1. The van der Waals surface area contributed by atoms with Crippen molar-refractivity contribution < 1.29 is 22.4 Å². The van der Waals surface area contributed by atoms with Crippen LogP contribution in [0.2, 0.25) is 0 Å². The van der Waals surface area contributed by atoms with Crippen molar-refractivity contribution in [2.24, 2.45) is 0 Å². The van der Waals surface area contributed by atoms with Crippen molar-refractivity contribution >= 4 is 5.91 Å². The minimum atomic E-state index is -2.68. The lowest BCUT2D eigenvalue weighted by Crippen LogP contribution is -2.34. The SMILES string of the molecule is O=C1CNC(c2ccc(F)c(F)c2)N1CC(F)F. The first kappa shape index (κ1) is 12.8. The third-order valence-electron chi connectivity index (χ3n) is 2.67. The van der Waals surface area contributed by atoms with E-state index in [1.807, 2.05) is 0 Å². The van der Waals surface area contributed by atoms with Crippen LogP contribution in [0.25, 0.3) is 0 Å². The van der Waals surface area contributed by atoms with Gasteiger partial charge < -0.3 is 4.90 Å². The Morgan fingerprint density at radius 3 is 2.67 bits per heavy atom. The molecule has 18 heavy (non-hydrogen) atoms. The molecule has 1 aliphatic rings. The van der Waals surface area contributed by atoms with E-state index in [0.717, 1.165) is 17.0 Å². The first-order valence-electron chi connectivity index (χ1n) is 5.25. The number of carbonyl (C=O) groups excluding carboxylic acids is 1. The minimum Gasteiger partial charge on any atom is -0.316 e. The molecule has 0 aliphatic carbocycles. The molecule has 1 saturated heterocycles. The molecule has 1 amide bonds. The number of hydrogen-bond donors (Lipinski definition) is 1. The standard InChI is InChI=1S/C11H10F4N2O/c12-7-2-1-6(3-8(7)13)11-16-4-10(18)17(11)5-9(14)15/h1-3,9,11,16H,4-5H2. The Balaban J connectivity index is 2.25. The van der Waals surface area contributed by atoms with Gasteiger partial charge in [0.15, 0.2) is 11.6 Å². The van der Waals surface area contributed by atoms with Gasteiger partial charge in [-0.05, 0) is 17.7 Å². The molecule has 1 atom stereocenters. The molecule has 1 unspecified atom stereocenters. The van der Waals surface area contributed by atoms with Crippen molar-refractivity contribution in [2.75, 3.05) is 13.1 Å². The summed E-state index contributed by atoms with van der Waals surface area (Å²) >= 11 is 0. The molecule has 0 radical (unpaired) electrons. The zero-order valence-corrected chi connectivity index (χ0v) is 9.17. The predicted octanol–water partition coefficient (Wildman–Crippen LogP) is 1.66. The third kappa shape index (κ3) is 2.45. The number of amides is 1. The second kappa shape index (κ2) is 4.93. The van der Waals surface area contributed by atoms with Crippen molar-refractivity contribution in [3.05, 3.63) is 35.4 Å². The summed E-state index contributed by atoms with van der Waals surface area (Å²) in [6.45, 7) is -0.841. The van der Waals surface area contributed by atoms with Crippen molar-refractivity contribution in [3.8, 4) is 0 Å². The Labute approximate surface area is 100 Å². The van der Waals surface area contributed by atoms with Crippen LogP contribution < -0.4 is 5.32 Å². The quantitative estimate of drug-likeness (QED) is 0.840. The lowest BCUT2D eigenvalue weighted by atomic mass is 10.1. The largest absolute Gasteiger partial charge is 0.316 e. The van der Waals surface area contributed by atoms with Crippen molar-refractivity contribution in [1.82, 2.24) is 10.2 Å². The molecule has 0 aromatic heterocycles. The molecule has 1 N–H and O–H groups in total. The fraction of sp³-hybridized carbons (Fsp3) is 0.364. The highest BCUT2D eigenvalue weighted by Crippen LogP contribution is 2.24. The molecule has 0 spiro atoms. The molecule has 1 aromatic rings. The first-order valence-corrected chi connectivity index (χ1v) is 5.25. The minimum absolute atomic E-state index is 0.101. The highest BCUT2D eigenvalue weighted by molar-refractivity contribution is 5.81. The van der Waals surface area contributed by atoms with Gasteiger partial charge in [-0.1, -0.05) is 6.07 Å². The highest BCUT2D eigenvalue weighted by Gasteiger charge is 2.33. The number of halogens is 4. The number of alkyl halides is 2. The van der Waals surface area contributed by atoms with E-state index in [1.54, 1.807) is 0 Å². The lowest BCUT2D eigenvalue weighted by molar-refractivity contribution is -0.130. The molecule has 1 heterocycles. The zero-order valence-electron chi connectivity index (χ0n) is 9.17. The molecule has 1 aliphatic heterocycles. The molecule has 3 nitrogen and oxygen atoms in total. The van der Waals surface area contributed by atoms with Crippen LogP contribution in [-0.2, 0) is 4.79 Å². The summed E-state index contributed by atoms with van der Waals surface area (Å²) in [4.78, 5) is 12.3. The molecular weight excluding hydrogens is 252 g/mol. The average molecular weight is 262 g/mol. The molecule has 2 rings (SSSR count). The summed E-state index contributed by atoms with van der Waals surface area (Å²) in [6, 6.07) is 3.05. The van der Waals surface area contributed by atoms with Crippen LogP contribution >= 0.6 is 0 Å². The summed E-state index contributed by atoms with van der Waals surface area (Å²) < 4.78 is 50.5. The van der Waals surface area contributed by atoms with Gasteiger partial charge in [0.05, 0.1) is 13.1 Å². The van der Waals surface area contributed by atoms with E-state index < -0.39 is 36.7 Å². The van der Waals surface area contributed by atoms with E-state index in [1.165, 1.54) is 6.07 Å². The molecule has 7 heteroatoms. The van der Waals surface area contributed by atoms with E-state index in [9.17, 15) is 22.4 Å². The zero-order chi connectivity index (χ0) is 13.3. The van der Waals surface area contributed by atoms with Crippen LogP contribution in [0.4, 0.5) is 17.6 Å². The van der Waals surface area contributed by atoms with Gasteiger partial charge in [-0.2, -0.15) is 0 Å². The Hall–Kier alpha value is -1.63. The van der Waals surface area contributed by atoms with Gasteiger partial charge in [0.25, 0.3) is 6.43 Å². The molecule has 0 saturated carbocycles. The van der Waals surface area contributed by atoms with Gasteiger partial charge in [-0.3, -0.25) is 10.1 Å². The van der Waals surface area contributed by atoms with Crippen molar-refractivity contribution in [3.63, 3.8) is 0 Å². The number of benzene rings is 1. The summed E-state index contributed by atoms with van der Waals surface area (Å²) in [6.07, 6.45) is -3.52. The van der Waals surface area contributed by atoms with Gasteiger partial charge in [-0.15, -0.1) is 0 Å². The van der Waals surface area contributed by atoms with Crippen LogP contribution in [0.3, 0.4) is 0 Å². The van der Waals surface area contributed by atoms with Gasteiger partial charge in [-0.25, -0.2) is 17.6 Å². The second-order valence-electron chi connectivity index (χ2n) is 3.89. The topological polar surface area (TPSA) is 32.3 Å². The summed E-state index contributed by atoms with van der Waals surface area (Å²) in [5.74, 6) is -2.60. The van der Waals surface area contributed by atoms with Crippen LogP contribution in [0, 0.1) is 11.6 Å². The van der Waals surface area contributed by atoms with Crippen molar-refractivity contribution in [2.45, 2.75) is 12.6 Å². The fourth-order valence-electron chi connectivity index (χ4n) is 1.88. The Morgan fingerprint density at radius 2 is 2.06 bits per heavy atom. The second-order valence-corrected chi connectivity index (χ2v) is 3.89. The monoisotopic (exact) mass is 262 g/mol. The Bertz CT molecular complexity index is 466. The van der Waals surface area contributed by atoms with Crippen LogP contribution in [0.1, 0.15) is 11.7 Å². The summed E-state index contributed by atoms with van der Waals surface area (Å²) in [7, 11) is 0. The van der Waals surface area contributed by atoms with Gasteiger partial charge in [0.2, 0.25) is 5.91 Å². The smallest absolute Gasteiger partial charge is 0.255 e. The van der Waals surface area contributed by atoms with Crippen LogP contribution in [0.5, 0.6) is 0 Å². The molecule has 1 fully saturated rings. The van der Waals surface area contributed by atoms with Crippen LogP contribution in [0.15, 0.2) is 18.2 Å². The summed E-state index contributed by atoms with van der Waals surface area (Å²) in [5, 5.41) is 2.68. The van der Waals surface area contributed by atoms with E-state index in [2.05, 4.69) is 5.32 Å².